The summed E-state index contributed by atoms with van der Waals surface area (Å²) in [5, 5.41) is 14.8. The predicted molar refractivity (Wildman–Crippen MR) is 499 cm³/mol. The van der Waals surface area contributed by atoms with E-state index in [1.54, 1.807) is 0 Å². The fourth-order valence-corrected chi connectivity index (χ4v) is 21.1. The molecule has 0 unspecified atom stereocenters. The van der Waals surface area contributed by atoms with Crippen molar-refractivity contribution < 1.29 is 0 Å². The van der Waals surface area contributed by atoms with Crippen molar-refractivity contribution in [3.8, 4) is 56.4 Å². The summed E-state index contributed by atoms with van der Waals surface area (Å²) in [5.74, 6) is 3.94. The Morgan fingerprint density at radius 2 is 0.373 bits per heavy atom. The molecule has 2 aliphatic rings. The molecule has 6 aromatic heterocycles. The van der Waals surface area contributed by atoms with E-state index in [9.17, 15) is 0 Å². The van der Waals surface area contributed by atoms with Crippen LogP contribution in [0.25, 0.3) is 197 Å². The molecule has 0 saturated heterocycles. The summed E-state index contributed by atoms with van der Waals surface area (Å²) < 4.78 is 14.3. The van der Waals surface area contributed by atoms with Gasteiger partial charge in [-0.1, -0.05) is 224 Å². The molecular formula is C108H70N8S2. The number of hydrogen-bond donors (Lipinski definition) is 0. The van der Waals surface area contributed by atoms with Crippen LogP contribution in [-0.4, -0.2) is 27.4 Å². The highest BCUT2D eigenvalue weighted by Crippen LogP contribution is 2.46. The maximum absolute atomic E-state index is 7.57. The standard InChI is InChI=1S/C40H24N4S.C38H26N2S.C30H20N2/c1-41-27-13-17-39-35(19-27)31-7-3-5-9-37(31)43(39)29-15-11-25-23-45-24-26-12-16-30(22-34(26)33(25)21-29)44-38-10-6-4-8-32(38)36-20-28(42-2)14-18-40(36)44;1-5-13-35-29(9-1)30-10-2-6-14-36(30)39(35)27-19-17-25-23-41-24-26-18-20-28(22-34(26)33(25)21-27)40-37-15-7-3-11-31(37)32-12-4-8-16-38(32)40;1-5-16-27-23(12-1)24-13-2-6-17-28(24)31(27)21-10-9-11-22(20-21)32-29-18-7-3-14-25(29)26-15-4-8-19-30(26)32/h3-22H,23-24H2;1-22H,23-24H2;1-20H. The lowest BCUT2D eigenvalue weighted by Crippen LogP contribution is -1.99. The average Bonchev–Trinajstić information content (AvgIpc) is 1.57. The highest BCUT2D eigenvalue weighted by Gasteiger charge is 2.25. The Bertz CT molecular complexity index is 7520. The first kappa shape index (κ1) is 68.8. The van der Waals surface area contributed by atoms with Gasteiger partial charge in [-0.15, -0.1) is 0 Å². The Morgan fingerprint density at radius 1 is 0.178 bits per heavy atom. The van der Waals surface area contributed by atoms with Crippen molar-refractivity contribution in [2.75, 3.05) is 0 Å². The van der Waals surface area contributed by atoms with Gasteiger partial charge >= 0.3 is 0 Å². The third kappa shape index (κ3) is 11.1. The second-order valence-corrected chi connectivity index (χ2v) is 32.7. The lowest BCUT2D eigenvalue weighted by atomic mass is 9.95. The number of aromatic nitrogens is 6. The number of rotatable bonds is 6. The summed E-state index contributed by atoms with van der Waals surface area (Å²) in [7, 11) is 0. The number of fused-ring (bicyclic) bond motifs is 24. The van der Waals surface area contributed by atoms with E-state index in [0.717, 1.165) is 78.0 Å². The molecule has 2 aliphatic heterocycles. The van der Waals surface area contributed by atoms with E-state index in [4.69, 9.17) is 13.1 Å². The third-order valence-electron chi connectivity index (χ3n) is 24.3. The third-order valence-corrected chi connectivity index (χ3v) is 26.3. The zero-order valence-electron chi connectivity index (χ0n) is 64.0. The molecule has 23 aromatic rings. The van der Waals surface area contributed by atoms with Crippen molar-refractivity contribution in [1.29, 1.82) is 0 Å². The van der Waals surface area contributed by atoms with Crippen LogP contribution >= 0.6 is 23.5 Å². The molecule has 554 valence electrons. The lowest BCUT2D eigenvalue weighted by Gasteiger charge is -2.16. The van der Waals surface area contributed by atoms with Crippen molar-refractivity contribution in [3.63, 3.8) is 0 Å². The SMILES string of the molecule is [C-]#[N+]c1ccc2c(c1)c1ccccc1n2-c1ccc2c(c1)-c1cc(-n3c4ccccc4c4cc([N+]#[C-])ccc43)ccc1CSC2.c1cc(-n2c3ccccc3c3ccccc32)cc(-n2c3ccccc3c3ccccc32)c1.c1ccc2c(c1)c1ccccc1n2-c1ccc2c(c1)-c1cc(-n3c4ccccc4c4ccccc43)ccc1CSC2. The lowest BCUT2D eigenvalue weighted by molar-refractivity contribution is 1.13. The highest BCUT2D eigenvalue weighted by atomic mass is 32.2. The minimum atomic E-state index is 0.654. The number of para-hydroxylation sites is 10. The first-order valence-electron chi connectivity index (χ1n) is 40.0. The molecule has 0 bridgehead atoms. The summed E-state index contributed by atoms with van der Waals surface area (Å²) in [6, 6.07) is 135. The van der Waals surface area contributed by atoms with E-state index in [1.165, 1.54) is 154 Å². The van der Waals surface area contributed by atoms with Crippen molar-refractivity contribution in [2.24, 2.45) is 0 Å². The van der Waals surface area contributed by atoms with Crippen LogP contribution in [0.1, 0.15) is 22.3 Å². The van der Waals surface area contributed by atoms with Gasteiger partial charge < -0.3 is 27.4 Å². The van der Waals surface area contributed by atoms with Crippen LogP contribution in [0.5, 0.6) is 0 Å². The van der Waals surface area contributed by atoms with Crippen LogP contribution < -0.4 is 0 Å². The number of benzene rings is 17. The zero-order valence-corrected chi connectivity index (χ0v) is 65.7. The fraction of sp³-hybridized carbons (Fsp3) is 0.0370. The molecule has 10 heteroatoms. The van der Waals surface area contributed by atoms with Gasteiger partial charge in [0.2, 0.25) is 0 Å². The summed E-state index contributed by atoms with van der Waals surface area (Å²) in [6.07, 6.45) is 0. The van der Waals surface area contributed by atoms with Gasteiger partial charge in [-0.05, 0) is 207 Å². The molecule has 0 aliphatic carbocycles. The van der Waals surface area contributed by atoms with Crippen molar-refractivity contribution in [2.45, 2.75) is 23.0 Å². The molecule has 118 heavy (non-hydrogen) atoms. The Labute approximate surface area is 688 Å². The van der Waals surface area contributed by atoms with Gasteiger partial charge in [0.25, 0.3) is 0 Å². The molecule has 25 rings (SSSR count). The van der Waals surface area contributed by atoms with E-state index in [0.29, 0.717) is 11.4 Å². The number of thioether (sulfide) groups is 2. The Hall–Kier alpha value is -14.8. The predicted octanol–water partition coefficient (Wildman–Crippen LogP) is 29.6. The van der Waals surface area contributed by atoms with E-state index >= 15 is 0 Å². The van der Waals surface area contributed by atoms with Crippen molar-refractivity contribution in [1.82, 2.24) is 27.4 Å². The number of nitrogens with zero attached hydrogens (tertiary/aromatic N) is 8. The summed E-state index contributed by atoms with van der Waals surface area (Å²) in [4.78, 5) is 7.40. The quantitative estimate of drug-likeness (QED) is 0.156. The largest absolute Gasteiger partial charge is 0.309 e. The van der Waals surface area contributed by atoms with Crippen LogP contribution in [0.2, 0.25) is 0 Å². The molecule has 17 aromatic carbocycles. The van der Waals surface area contributed by atoms with E-state index in [1.807, 2.05) is 47.8 Å². The van der Waals surface area contributed by atoms with Crippen LogP contribution in [0.15, 0.2) is 376 Å². The topological polar surface area (TPSA) is 38.3 Å². The number of hydrogen-bond acceptors (Lipinski definition) is 2. The average molecular weight is 1540 g/mol. The van der Waals surface area contributed by atoms with Crippen molar-refractivity contribution >= 4 is 166 Å². The highest BCUT2D eigenvalue weighted by molar-refractivity contribution is 7.98. The molecule has 0 amide bonds. The summed E-state index contributed by atoms with van der Waals surface area (Å²) in [6.45, 7) is 15.1. The fourth-order valence-electron chi connectivity index (χ4n) is 19.1. The molecular weight excluding hydrogens is 1470 g/mol. The monoisotopic (exact) mass is 1540 g/mol. The minimum absolute atomic E-state index is 0.654. The van der Waals surface area contributed by atoms with Crippen LogP contribution in [0.4, 0.5) is 11.4 Å². The van der Waals surface area contributed by atoms with Gasteiger partial charge in [-0.2, -0.15) is 23.5 Å². The molecule has 8 heterocycles. The Kier molecular flexibility index (Phi) is 16.4. The van der Waals surface area contributed by atoms with Crippen molar-refractivity contribution in [3.05, 3.63) is 421 Å². The normalized spacial score (nSPS) is 12.5. The molecule has 0 saturated carbocycles. The van der Waals surface area contributed by atoms with Gasteiger partial charge in [0.1, 0.15) is 0 Å². The van der Waals surface area contributed by atoms with Crippen LogP contribution in [0.3, 0.4) is 0 Å². The second-order valence-electron chi connectivity index (χ2n) is 30.7. The van der Waals surface area contributed by atoms with E-state index < -0.39 is 0 Å². The molecule has 0 spiro atoms. The molecule has 0 N–H and O–H groups in total. The smallest absolute Gasteiger partial charge is 0.188 e. The molecule has 8 nitrogen and oxygen atoms in total. The Balaban J connectivity index is 0.000000105. The zero-order chi connectivity index (χ0) is 78.1. The van der Waals surface area contributed by atoms with Crippen LogP contribution in [0, 0.1) is 13.1 Å². The molecule has 0 radical (unpaired) electrons. The second kappa shape index (κ2) is 28.1. The molecule has 0 atom stereocenters. The maximum Gasteiger partial charge on any atom is 0.188 e. The Morgan fingerprint density at radius 3 is 0.593 bits per heavy atom. The molecule has 0 fully saturated rings. The van der Waals surface area contributed by atoms with E-state index in [2.05, 4.69) is 389 Å². The summed E-state index contributed by atoms with van der Waals surface area (Å²) in [5.41, 5.74) is 33.3. The van der Waals surface area contributed by atoms with Crippen LogP contribution in [-0.2, 0) is 23.0 Å². The van der Waals surface area contributed by atoms with Gasteiger partial charge in [-0.25, -0.2) is 9.69 Å². The maximum atomic E-state index is 7.57. The van der Waals surface area contributed by atoms with Gasteiger partial charge in [-0.3, -0.25) is 0 Å². The van der Waals surface area contributed by atoms with Gasteiger partial charge in [0, 0.05) is 111 Å². The summed E-state index contributed by atoms with van der Waals surface area (Å²) >= 11 is 3.96. The van der Waals surface area contributed by atoms with Gasteiger partial charge in [0.15, 0.2) is 11.4 Å². The first-order chi connectivity index (χ1) is 58.5. The first-order valence-corrected chi connectivity index (χ1v) is 42.3. The minimum Gasteiger partial charge on any atom is -0.309 e. The van der Waals surface area contributed by atoms with E-state index in [-0.39, 0.29) is 0 Å². The van der Waals surface area contributed by atoms with Gasteiger partial charge in [0.05, 0.1) is 79.3 Å².